The number of hydrogen-bond donors (Lipinski definition) is 2. The quantitative estimate of drug-likeness (QED) is 0.662. The molecule has 0 bridgehead atoms. The first-order chi connectivity index (χ1) is 13.0. The van der Waals surface area contributed by atoms with Gasteiger partial charge in [0.05, 0.1) is 18.5 Å². The maximum Gasteiger partial charge on any atom is 0.339 e. The minimum absolute atomic E-state index is 0.105. The van der Waals surface area contributed by atoms with Gasteiger partial charge in [-0.05, 0) is 38.1 Å². The molecule has 3 rings (SSSR count). The zero-order chi connectivity index (χ0) is 19.4. The number of carbonyl (C=O) groups is 1. The summed E-state index contributed by atoms with van der Waals surface area (Å²) < 4.78 is 7.19. The van der Waals surface area contributed by atoms with Crippen LogP contribution in [0.2, 0.25) is 0 Å². The Morgan fingerprint density at radius 2 is 2.15 bits per heavy atom. The minimum atomic E-state index is -1.04. The molecule has 0 fully saturated rings. The van der Waals surface area contributed by atoms with Gasteiger partial charge in [-0.25, -0.2) is 14.8 Å². The van der Waals surface area contributed by atoms with Crippen LogP contribution < -0.4 is 10.1 Å². The van der Waals surface area contributed by atoms with Crippen LogP contribution in [0.1, 0.15) is 28.5 Å². The molecule has 0 aliphatic carbocycles. The van der Waals surface area contributed by atoms with E-state index >= 15 is 0 Å². The predicted octanol–water partition coefficient (Wildman–Crippen LogP) is 2.89. The average molecular weight is 367 g/mol. The number of nitrogens with one attached hydrogen (secondary N) is 1. The van der Waals surface area contributed by atoms with E-state index in [1.165, 1.54) is 0 Å². The lowest BCUT2D eigenvalue weighted by molar-refractivity contribution is 0.0692. The molecule has 0 aliphatic rings. The van der Waals surface area contributed by atoms with Gasteiger partial charge in [0, 0.05) is 36.6 Å². The Morgan fingerprint density at radius 1 is 1.33 bits per heavy atom. The summed E-state index contributed by atoms with van der Waals surface area (Å²) in [6, 6.07) is 6.73. The number of carboxylic acids is 1. The van der Waals surface area contributed by atoms with Gasteiger partial charge in [0.25, 0.3) is 0 Å². The van der Waals surface area contributed by atoms with Crippen LogP contribution in [0, 0.1) is 6.92 Å². The zero-order valence-electron chi connectivity index (χ0n) is 15.4. The van der Waals surface area contributed by atoms with Crippen LogP contribution in [0.5, 0.6) is 5.75 Å². The summed E-state index contributed by atoms with van der Waals surface area (Å²) in [5.74, 6) is -0.241. The number of aromatic carboxylic acids is 1. The second-order valence-electron chi connectivity index (χ2n) is 5.95. The average Bonchev–Trinajstić information content (AvgIpc) is 2.99. The lowest BCUT2D eigenvalue weighted by Gasteiger charge is -2.10. The van der Waals surface area contributed by atoms with Gasteiger partial charge in [-0.15, -0.1) is 0 Å². The SMILES string of the molecule is CCOc1ccc(-c2ccnc(NCc3cnn(C)c3C)n2)cc1C(=O)O. The number of carboxylic acid groups (broad SMARTS) is 1. The van der Waals surface area contributed by atoms with Gasteiger partial charge < -0.3 is 15.2 Å². The zero-order valence-corrected chi connectivity index (χ0v) is 15.4. The van der Waals surface area contributed by atoms with Crippen LogP contribution in [0.4, 0.5) is 5.95 Å². The minimum Gasteiger partial charge on any atom is -0.493 e. The second kappa shape index (κ2) is 7.86. The molecule has 0 amide bonds. The molecule has 0 atom stereocenters. The van der Waals surface area contributed by atoms with E-state index in [1.807, 2.05) is 25.6 Å². The van der Waals surface area contributed by atoms with Gasteiger partial charge in [0.15, 0.2) is 0 Å². The van der Waals surface area contributed by atoms with Crippen molar-refractivity contribution in [3.05, 3.63) is 53.5 Å². The van der Waals surface area contributed by atoms with E-state index in [1.54, 1.807) is 36.7 Å². The highest BCUT2D eigenvalue weighted by atomic mass is 16.5. The third-order valence-corrected chi connectivity index (χ3v) is 4.24. The van der Waals surface area contributed by atoms with Gasteiger partial charge in [-0.1, -0.05) is 0 Å². The van der Waals surface area contributed by atoms with Crippen LogP contribution in [0.15, 0.2) is 36.7 Å². The highest BCUT2D eigenvalue weighted by molar-refractivity contribution is 5.92. The first-order valence-electron chi connectivity index (χ1n) is 8.54. The Balaban J connectivity index is 1.83. The van der Waals surface area contributed by atoms with Gasteiger partial charge in [0.2, 0.25) is 5.95 Å². The Labute approximate surface area is 156 Å². The molecule has 8 heteroatoms. The van der Waals surface area contributed by atoms with Crippen molar-refractivity contribution in [3.8, 4) is 17.0 Å². The van der Waals surface area contributed by atoms with E-state index in [0.29, 0.717) is 36.1 Å². The molecule has 2 heterocycles. The molecular weight excluding hydrogens is 346 g/mol. The number of nitrogens with zero attached hydrogens (tertiary/aromatic N) is 4. The van der Waals surface area contributed by atoms with Gasteiger partial charge >= 0.3 is 5.97 Å². The van der Waals surface area contributed by atoms with Crippen LogP contribution in [0.25, 0.3) is 11.3 Å². The number of hydrogen-bond acceptors (Lipinski definition) is 6. The van der Waals surface area contributed by atoms with Crippen LogP contribution >= 0.6 is 0 Å². The number of ether oxygens (including phenoxy) is 1. The Morgan fingerprint density at radius 3 is 2.81 bits per heavy atom. The van der Waals surface area contributed by atoms with Crippen molar-refractivity contribution in [1.82, 2.24) is 19.7 Å². The van der Waals surface area contributed by atoms with Crippen LogP contribution in [0.3, 0.4) is 0 Å². The molecule has 0 saturated heterocycles. The molecule has 3 aromatic rings. The third kappa shape index (κ3) is 4.05. The first-order valence-corrected chi connectivity index (χ1v) is 8.54. The van der Waals surface area contributed by atoms with Crippen LogP contribution in [-0.4, -0.2) is 37.4 Å². The molecule has 2 N–H and O–H groups in total. The standard InChI is InChI=1S/C19H21N5O3/c1-4-27-17-6-5-13(9-15(17)18(25)26)16-7-8-20-19(23-16)21-10-14-11-22-24(3)12(14)2/h5-9,11H,4,10H2,1-3H3,(H,25,26)(H,20,21,23). The van der Waals surface area contributed by atoms with Crippen molar-refractivity contribution in [2.24, 2.45) is 7.05 Å². The summed E-state index contributed by atoms with van der Waals surface area (Å²) in [5, 5.41) is 16.8. The molecule has 1 aromatic carbocycles. The summed E-state index contributed by atoms with van der Waals surface area (Å²) in [6.07, 6.45) is 3.44. The van der Waals surface area contributed by atoms with Crippen molar-refractivity contribution < 1.29 is 14.6 Å². The number of benzene rings is 1. The molecule has 140 valence electrons. The summed E-state index contributed by atoms with van der Waals surface area (Å²) >= 11 is 0. The van der Waals surface area contributed by atoms with Crippen LogP contribution in [-0.2, 0) is 13.6 Å². The highest BCUT2D eigenvalue weighted by Crippen LogP contribution is 2.26. The molecule has 0 spiro atoms. The molecule has 0 unspecified atom stereocenters. The molecule has 27 heavy (non-hydrogen) atoms. The lowest BCUT2D eigenvalue weighted by atomic mass is 10.1. The van der Waals surface area contributed by atoms with Crippen molar-refractivity contribution >= 4 is 11.9 Å². The monoisotopic (exact) mass is 367 g/mol. The molecule has 0 radical (unpaired) electrons. The van der Waals surface area contributed by atoms with E-state index in [0.717, 1.165) is 11.3 Å². The molecular formula is C19H21N5O3. The van der Waals surface area contributed by atoms with Gasteiger partial charge in [-0.3, -0.25) is 4.68 Å². The Kier molecular flexibility index (Phi) is 5.35. The summed E-state index contributed by atoms with van der Waals surface area (Å²) in [6.45, 7) is 4.75. The molecule has 2 aromatic heterocycles. The van der Waals surface area contributed by atoms with Gasteiger partial charge in [-0.2, -0.15) is 5.10 Å². The number of rotatable bonds is 7. The second-order valence-corrected chi connectivity index (χ2v) is 5.95. The summed E-state index contributed by atoms with van der Waals surface area (Å²) in [7, 11) is 1.89. The van der Waals surface area contributed by atoms with E-state index in [2.05, 4.69) is 20.4 Å². The fourth-order valence-corrected chi connectivity index (χ4v) is 2.63. The predicted molar refractivity (Wildman–Crippen MR) is 101 cm³/mol. The maximum absolute atomic E-state index is 11.5. The summed E-state index contributed by atoms with van der Waals surface area (Å²) in [4.78, 5) is 20.2. The summed E-state index contributed by atoms with van der Waals surface area (Å²) in [5.41, 5.74) is 3.53. The van der Waals surface area contributed by atoms with Gasteiger partial charge in [0.1, 0.15) is 11.3 Å². The van der Waals surface area contributed by atoms with Crippen molar-refractivity contribution in [2.45, 2.75) is 20.4 Å². The van der Waals surface area contributed by atoms with E-state index in [9.17, 15) is 9.90 Å². The third-order valence-electron chi connectivity index (χ3n) is 4.24. The molecule has 8 nitrogen and oxygen atoms in total. The van der Waals surface area contributed by atoms with E-state index < -0.39 is 5.97 Å². The number of aromatic nitrogens is 4. The van der Waals surface area contributed by atoms with Crippen molar-refractivity contribution in [3.63, 3.8) is 0 Å². The van der Waals surface area contributed by atoms with E-state index in [4.69, 9.17) is 4.74 Å². The topological polar surface area (TPSA) is 102 Å². The molecule has 0 aliphatic heterocycles. The lowest BCUT2D eigenvalue weighted by Crippen LogP contribution is -2.06. The first kappa shape index (κ1) is 18.4. The largest absolute Gasteiger partial charge is 0.493 e. The van der Waals surface area contributed by atoms with Crippen molar-refractivity contribution in [2.75, 3.05) is 11.9 Å². The number of anilines is 1. The maximum atomic E-state index is 11.5. The smallest absolute Gasteiger partial charge is 0.339 e. The molecule has 0 saturated carbocycles. The van der Waals surface area contributed by atoms with E-state index in [-0.39, 0.29) is 5.56 Å². The Hall–Kier alpha value is -3.42. The highest BCUT2D eigenvalue weighted by Gasteiger charge is 2.14. The number of aryl methyl sites for hydroxylation is 1. The normalized spacial score (nSPS) is 10.6. The Bertz CT molecular complexity index is 968. The van der Waals surface area contributed by atoms with Crippen molar-refractivity contribution in [1.29, 1.82) is 0 Å². The fraction of sp³-hybridized carbons (Fsp3) is 0.263. The fourth-order valence-electron chi connectivity index (χ4n) is 2.63.